The highest BCUT2D eigenvalue weighted by Gasteiger charge is 2.28. The summed E-state index contributed by atoms with van der Waals surface area (Å²) < 4.78 is 23.3. The largest absolute Gasteiger partial charge is 0.357 e. The van der Waals surface area contributed by atoms with E-state index in [1.54, 1.807) is 0 Å². The minimum atomic E-state index is -2.84. The normalized spacial score (nSPS) is 24.0. The molecule has 3 rings (SSSR count). The van der Waals surface area contributed by atoms with Crippen molar-refractivity contribution in [3.63, 3.8) is 0 Å². The van der Waals surface area contributed by atoms with Crippen LogP contribution in [0.2, 0.25) is 0 Å². The predicted molar refractivity (Wildman–Crippen MR) is 111 cm³/mol. The van der Waals surface area contributed by atoms with Crippen LogP contribution in [-0.2, 0) is 9.84 Å². The zero-order valence-corrected chi connectivity index (χ0v) is 17.0. The Morgan fingerprint density at radius 2 is 1.96 bits per heavy atom. The van der Waals surface area contributed by atoms with Gasteiger partial charge in [0.15, 0.2) is 15.8 Å². The van der Waals surface area contributed by atoms with Gasteiger partial charge in [-0.05, 0) is 50.8 Å². The third kappa shape index (κ3) is 5.94. The topological polar surface area (TPSA) is 73.8 Å². The molecule has 0 radical (unpaired) electrons. The van der Waals surface area contributed by atoms with Crippen LogP contribution in [0.3, 0.4) is 0 Å². The quantitative estimate of drug-likeness (QED) is 0.547. The van der Waals surface area contributed by atoms with Crippen LogP contribution < -0.4 is 10.6 Å². The van der Waals surface area contributed by atoms with Crippen molar-refractivity contribution in [3.8, 4) is 0 Å². The summed E-state index contributed by atoms with van der Waals surface area (Å²) in [5.74, 6) is 1.57. The van der Waals surface area contributed by atoms with E-state index in [2.05, 4.69) is 45.9 Å². The lowest BCUT2D eigenvalue weighted by atomic mass is 10.1. The van der Waals surface area contributed by atoms with E-state index in [0.29, 0.717) is 24.6 Å². The van der Waals surface area contributed by atoms with E-state index in [-0.39, 0.29) is 12.0 Å². The molecular weight excluding hydrogens is 360 g/mol. The molecule has 2 aliphatic heterocycles. The van der Waals surface area contributed by atoms with Crippen molar-refractivity contribution in [2.75, 3.05) is 44.2 Å². The summed E-state index contributed by atoms with van der Waals surface area (Å²) in [5, 5.41) is 6.65. The molecule has 7 heteroatoms. The minimum absolute atomic E-state index is 0.183. The molecule has 2 saturated heterocycles. The molecule has 0 saturated carbocycles. The highest BCUT2D eigenvalue weighted by molar-refractivity contribution is 7.91. The number of aliphatic imine (C=N–C) groups is 1. The molecule has 150 valence electrons. The number of nitrogens with one attached hydrogen (secondary N) is 2. The molecule has 27 heavy (non-hydrogen) atoms. The fourth-order valence-corrected chi connectivity index (χ4v) is 5.82. The first-order valence-corrected chi connectivity index (χ1v) is 11.9. The number of hydrogen-bond acceptors (Lipinski definition) is 4. The highest BCUT2D eigenvalue weighted by atomic mass is 32.2. The lowest BCUT2D eigenvalue weighted by molar-refractivity contribution is 0.251. The van der Waals surface area contributed by atoms with Gasteiger partial charge < -0.3 is 10.6 Å². The Hall–Kier alpha value is -1.60. The number of guanidine groups is 1. The zero-order valence-electron chi connectivity index (χ0n) is 16.2. The summed E-state index contributed by atoms with van der Waals surface area (Å²) in [7, 11) is -2.84. The summed E-state index contributed by atoms with van der Waals surface area (Å²) >= 11 is 0. The van der Waals surface area contributed by atoms with E-state index >= 15 is 0 Å². The first kappa shape index (κ1) is 20.1. The Bertz CT molecular complexity index is 715. The fraction of sp³-hybridized carbons (Fsp3) is 0.650. The summed E-state index contributed by atoms with van der Waals surface area (Å²) in [5.41, 5.74) is 1.31. The molecule has 0 bridgehead atoms. The number of sulfone groups is 1. The maximum absolute atomic E-state index is 11.7. The summed E-state index contributed by atoms with van der Waals surface area (Å²) in [6.45, 7) is 6.44. The maximum atomic E-state index is 11.7. The van der Waals surface area contributed by atoms with Gasteiger partial charge in [0.1, 0.15) is 0 Å². The molecule has 1 aromatic rings. The number of hydrogen-bond donors (Lipinski definition) is 2. The van der Waals surface area contributed by atoms with Crippen LogP contribution in [0.15, 0.2) is 35.3 Å². The lowest BCUT2D eigenvalue weighted by Crippen LogP contribution is -2.40. The molecule has 0 amide bonds. The molecule has 2 unspecified atom stereocenters. The molecule has 2 fully saturated rings. The third-order valence-electron chi connectivity index (χ3n) is 5.42. The molecule has 2 aliphatic rings. The van der Waals surface area contributed by atoms with Gasteiger partial charge in [0.2, 0.25) is 0 Å². The summed E-state index contributed by atoms with van der Waals surface area (Å²) in [4.78, 5) is 7.36. The second-order valence-electron chi connectivity index (χ2n) is 7.54. The molecule has 1 aromatic carbocycles. The Kier molecular flexibility index (Phi) is 7.13. The van der Waals surface area contributed by atoms with Crippen molar-refractivity contribution in [1.29, 1.82) is 0 Å². The van der Waals surface area contributed by atoms with E-state index in [1.165, 1.54) is 18.4 Å². The van der Waals surface area contributed by atoms with Crippen LogP contribution in [0.25, 0.3) is 0 Å². The third-order valence-corrected chi connectivity index (χ3v) is 7.25. The van der Waals surface area contributed by atoms with Crippen LogP contribution in [0.4, 0.5) is 0 Å². The van der Waals surface area contributed by atoms with Crippen LogP contribution in [0.5, 0.6) is 0 Å². The first-order valence-electron chi connectivity index (χ1n) is 10.1. The smallest absolute Gasteiger partial charge is 0.191 e. The van der Waals surface area contributed by atoms with E-state index in [0.717, 1.165) is 32.0 Å². The van der Waals surface area contributed by atoms with Gasteiger partial charge in [-0.2, -0.15) is 0 Å². The maximum Gasteiger partial charge on any atom is 0.191 e. The van der Waals surface area contributed by atoms with E-state index in [1.807, 2.05) is 6.92 Å². The molecule has 0 aromatic heterocycles. The molecule has 2 atom stereocenters. The number of rotatable bonds is 7. The number of likely N-dealkylation sites (tertiary alicyclic amines) is 1. The monoisotopic (exact) mass is 392 g/mol. The zero-order chi connectivity index (χ0) is 19.1. The van der Waals surface area contributed by atoms with Gasteiger partial charge in [0.05, 0.1) is 24.1 Å². The lowest BCUT2D eigenvalue weighted by Gasteiger charge is -2.27. The molecule has 0 spiro atoms. The predicted octanol–water partition coefficient (Wildman–Crippen LogP) is 1.81. The standard InChI is InChI=1S/C20H32N4O2S/c1-2-21-20(22-14-17-10-13-27(25,26)16-17)23-15-19(24-11-6-7-12-24)18-8-4-3-5-9-18/h3-5,8-9,17,19H,2,6-7,10-16H2,1H3,(H2,21,22,23). The average Bonchev–Trinajstić information content (AvgIpc) is 3.30. The van der Waals surface area contributed by atoms with Gasteiger partial charge in [0.25, 0.3) is 0 Å². The number of nitrogens with zero attached hydrogens (tertiary/aromatic N) is 2. The Labute approximate surface area is 163 Å². The second-order valence-corrected chi connectivity index (χ2v) is 9.77. The number of benzene rings is 1. The molecule has 6 nitrogen and oxygen atoms in total. The highest BCUT2D eigenvalue weighted by Crippen LogP contribution is 2.25. The van der Waals surface area contributed by atoms with Gasteiger partial charge >= 0.3 is 0 Å². The molecule has 0 aliphatic carbocycles. The van der Waals surface area contributed by atoms with Crippen LogP contribution in [0, 0.1) is 5.92 Å². The second kappa shape index (κ2) is 9.55. The average molecular weight is 393 g/mol. The summed E-state index contributed by atoms with van der Waals surface area (Å²) in [6.07, 6.45) is 3.25. The van der Waals surface area contributed by atoms with Gasteiger partial charge in [-0.1, -0.05) is 30.3 Å². The van der Waals surface area contributed by atoms with Gasteiger partial charge in [-0.25, -0.2) is 8.42 Å². The van der Waals surface area contributed by atoms with Crippen molar-refractivity contribution < 1.29 is 8.42 Å². The SMILES string of the molecule is CCNC(=NCC(c1ccccc1)N1CCCC1)NCC1CCS(=O)(=O)C1. The van der Waals surface area contributed by atoms with Crippen molar-refractivity contribution in [2.45, 2.75) is 32.2 Å². The fourth-order valence-electron chi connectivity index (χ4n) is 3.95. The first-order chi connectivity index (χ1) is 13.1. The van der Waals surface area contributed by atoms with Crippen LogP contribution in [-0.4, -0.2) is 63.5 Å². The van der Waals surface area contributed by atoms with Crippen LogP contribution >= 0.6 is 0 Å². The Morgan fingerprint density at radius 1 is 1.22 bits per heavy atom. The van der Waals surface area contributed by atoms with Crippen molar-refractivity contribution >= 4 is 15.8 Å². The van der Waals surface area contributed by atoms with Crippen molar-refractivity contribution in [2.24, 2.45) is 10.9 Å². The van der Waals surface area contributed by atoms with Crippen molar-refractivity contribution in [3.05, 3.63) is 35.9 Å². The molecule has 2 N–H and O–H groups in total. The van der Waals surface area contributed by atoms with E-state index in [4.69, 9.17) is 4.99 Å². The summed E-state index contributed by atoms with van der Waals surface area (Å²) in [6, 6.07) is 10.9. The van der Waals surface area contributed by atoms with Gasteiger partial charge in [-0.3, -0.25) is 9.89 Å². The molecular formula is C20H32N4O2S. The van der Waals surface area contributed by atoms with Crippen LogP contribution in [0.1, 0.15) is 37.8 Å². The molecule has 2 heterocycles. The van der Waals surface area contributed by atoms with E-state index < -0.39 is 9.84 Å². The van der Waals surface area contributed by atoms with Crippen molar-refractivity contribution in [1.82, 2.24) is 15.5 Å². The van der Waals surface area contributed by atoms with Gasteiger partial charge in [-0.15, -0.1) is 0 Å². The van der Waals surface area contributed by atoms with E-state index in [9.17, 15) is 8.42 Å². The Balaban J connectivity index is 1.64. The minimum Gasteiger partial charge on any atom is -0.357 e. The van der Waals surface area contributed by atoms with Gasteiger partial charge in [0, 0.05) is 13.1 Å². The Morgan fingerprint density at radius 3 is 2.59 bits per heavy atom.